The van der Waals surface area contributed by atoms with Crippen molar-refractivity contribution in [1.29, 1.82) is 0 Å². The summed E-state index contributed by atoms with van der Waals surface area (Å²) in [5.41, 5.74) is 0.693. The molecule has 0 bridgehead atoms. The molecule has 1 unspecified atom stereocenters. The summed E-state index contributed by atoms with van der Waals surface area (Å²) in [6, 6.07) is 0. The molecule has 0 aromatic heterocycles. The molecule has 2 aliphatic heterocycles. The van der Waals surface area contributed by atoms with Gasteiger partial charge in [0.1, 0.15) is 0 Å². The molecule has 1 atom stereocenters. The highest BCUT2D eigenvalue weighted by molar-refractivity contribution is 4.90. The molecule has 70 valence electrons. The molecule has 1 spiro atoms. The Morgan fingerprint density at radius 1 is 1.17 bits per heavy atom. The SMILES string of the molecule is CN1CCC2(CCCNCC2)C1. The van der Waals surface area contributed by atoms with Gasteiger partial charge in [-0.3, -0.25) is 0 Å². The summed E-state index contributed by atoms with van der Waals surface area (Å²) in [6.07, 6.45) is 5.67. The van der Waals surface area contributed by atoms with Crippen LogP contribution in [0.1, 0.15) is 25.7 Å². The van der Waals surface area contributed by atoms with E-state index in [9.17, 15) is 0 Å². The fourth-order valence-electron chi connectivity index (χ4n) is 2.76. The van der Waals surface area contributed by atoms with Crippen molar-refractivity contribution < 1.29 is 0 Å². The molecule has 0 radical (unpaired) electrons. The first-order chi connectivity index (χ1) is 5.81. The maximum Gasteiger partial charge on any atom is 0.00359 e. The molecule has 2 heterocycles. The number of nitrogens with zero attached hydrogens (tertiary/aromatic N) is 1. The molecule has 2 nitrogen and oxygen atoms in total. The minimum absolute atomic E-state index is 0.693. The van der Waals surface area contributed by atoms with Crippen LogP contribution in [0, 0.1) is 5.41 Å². The third kappa shape index (κ3) is 1.64. The number of nitrogens with one attached hydrogen (secondary N) is 1. The van der Waals surface area contributed by atoms with Gasteiger partial charge in [-0.2, -0.15) is 0 Å². The number of rotatable bonds is 0. The van der Waals surface area contributed by atoms with Crippen LogP contribution in [0.3, 0.4) is 0 Å². The Kier molecular flexibility index (Phi) is 2.37. The Labute approximate surface area is 75.3 Å². The first kappa shape index (κ1) is 8.52. The van der Waals surface area contributed by atoms with Crippen LogP contribution >= 0.6 is 0 Å². The third-order valence-electron chi connectivity index (χ3n) is 3.52. The van der Waals surface area contributed by atoms with Crippen LogP contribution in [-0.4, -0.2) is 38.1 Å². The molecule has 2 saturated heterocycles. The predicted octanol–water partition coefficient (Wildman–Crippen LogP) is 1.08. The van der Waals surface area contributed by atoms with Crippen LogP contribution in [-0.2, 0) is 0 Å². The molecule has 0 aromatic rings. The van der Waals surface area contributed by atoms with E-state index in [1.54, 1.807) is 0 Å². The van der Waals surface area contributed by atoms with Crippen LogP contribution < -0.4 is 5.32 Å². The van der Waals surface area contributed by atoms with Gasteiger partial charge in [0.2, 0.25) is 0 Å². The second kappa shape index (κ2) is 3.35. The summed E-state index contributed by atoms with van der Waals surface area (Å²) in [5, 5.41) is 3.49. The Balaban J connectivity index is 1.98. The lowest BCUT2D eigenvalue weighted by atomic mass is 9.80. The first-order valence-corrected chi connectivity index (χ1v) is 5.20. The number of hydrogen-bond donors (Lipinski definition) is 1. The predicted molar refractivity (Wildman–Crippen MR) is 51.3 cm³/mol. The highest BCUT2D eigenvalue weighted by atomic mass is 15.1. The zero-order valence-corrected chi connectivity index (χ0v) is 8.10. The molecule has 0 amide bonds. The summed E-state index contributed by atoms with van der Waals surface area (Å²) in [7, 11) is 2.26. The standard InChI is InChI=1S/C10H20N2/c1-12-8-5-10(9-12)3-2-6-11-7-4-10/h11H,2-9H2,1H3. The maximum atomic E-state index is 3.49. The van der Waals surface area contributed by atoms with E-state index >= 15 is 0 Å². The monoisotopic (exact) mass is 168 g/mol. The lowest BCUT2D eigenvalue weighted by Gasteiger charge is -2.26. The van der Waals surface area contributed by atoms with Crippen LogP contribution in [0.5, 0.6) is 0 Å². The molecule has 2 heteroatoms. The van der Waals surface area contributed by atoms with E-state index in [0.29, 0.717) is 5.41 Å². The summed E-state index contributed by atoms with van der Waals surface area (Å²) in [4.78, 5) is 2.49. The quantitative estimate of drug-likeness (QED) is 0.582. The van der Waals surface area contributed by atoms with Crippen LogP contribution in [0.2, 0.25) is 0 Å². The highest BCUT2D eigenvalue weighted by Gasteiger charge is 2.36. The summed E-state index contributed by atoms with van der Waals surface area (Å²) in [6.45, 7) is 5.15. The van der Waals surface area contributed by atoms with Crippen molar-refractivity contribution in [2.24, 2.45) is 5.41 Å². The summed E-state index contributed by atoms with van der Waals surface area (Å²) >= 11 is 0. The minimum Gasteiger partial charge on any atom is -0.317 e. The fraction of sp³-hybridized carbons (Fsp3) is 1.00. The Morgan fingerprint density at radius 2 is 2.08 bits per heavy atom. The normalized spacial score (nSPS) is 38.8. The zero-order valence-electron chi connectivity index (χ0n) is 8.10. The molecule has 12 heavy (non-hydrogen) atoms. The lowest BCUT2D eigenvalue weighted by Crippen LogP contribution is -2.26. The summed E-state index contributed by atoms with van der Waals surface area (Å²) < 4.78 is 0. The largest absolute Gasteiger partial charge is 0.317 e. The van der Waals surface area contributed by atoms with Crippen molar-refractivity contribution in [2.75, 3.05) is 33.2 Å². The number of likely N-dealkylation sites (tertiary alicyclic amines) is 1. The average Bonchev–Trinajstić information content (AvgIpc) is 2.30. The fourth-order valence-corrected chi connectivity index (χ4v) is 2.76. The second-order valence-corrected chi connectivity index (χ2v) is 4.59. The van der Waals surface area contributed by atoms with Gasteiger partial charge in [0.05, 0.1) is 0 Å². The van der Waals surface area contributed by atoms with Gasteiger partial charge < -0.3 is 10.2 Å². The van der Waals surface area contributed by atoms with Crippen molar-refractivity contribution in [3.8, 4) is 0 Å². The van der Waals surface area contributed by atoms with E-state index < -0.39 is 0 Å². The Hall–Kier alpha value is -0.0800. The third-order valence-corrected chi connectivity index (χ3v) is 3.52. The van der Waals surface area contributed by atoms with Crippen molar-refractivity contribution in [1.82, 2.24) is 10.2 Å². The maximum absolute atomic E-state index is 3.49. The topological polar surface area (TPSA) is 15.3 Å². The molecular weight excluding hydrogens is 148 g/mol. The molecule has 1 N–H and O–H groups in total. The second-order valence-electron chi connectivity index (χ2n) is 4.59. The van der Waals surface area contributed by atoms with E-state index in [-0.39, 0.29) is 0 Å². The van der Waals surface area contributed by atoms with E-state index in [1.165, 1.54) is 51.9 Å². The van der Waals surface area contributed by atoms with Crippen molar-refractivity contribution in [3.05, 3.63) is 0 Å². The molecular formula is C10H20N2. The van der Waals surface area contributed by atoms with E-state index in [4.69, 9.17) is 0 Å². The average molecular weight is 168 g/mol. The van der Waals surface area contributed by atoms with Gasteiger partial charge in [-0.15, -0.1) is 0 Å². The highest BCUT2D eigenvalue weighted by Crippen LogP contribution is 2.38. The first-order valence-electron chi connectivity index (χ1n) is 5.20. The van der Waals surface area contributed by atoms with Gasteiger partial charge in [-0.1, -0.05) is 0 Å². The van der Waals surface area contributed by atoms with Gasteiger partial charge in [-0.25, -0.2) is 0 Å². The molecule has 0 saturated carbocycles. The van der Waals surface area contributed by atoms with Gasteiger partial charge in [0, 0.05) is 6.54 Å². The van der Waals surface area contributed by atoms with Crippen LogP contribution in [0.25, 0.3) is 0 Å². The number of hydrogen-bond acceptors (Lipinski definition) is 2. The van der Waals surface area contributed by atoms with Gasteiger partial charge in [-0.05, 0) is 57.8 Å². The molecule has 0 aromatic carbocycles. The molecule has 2 aliphatic rings. The van der Waals surface area contributed by atoms with Gasteiger partial charge in [0.25, 0.3) is 0 Å². The van der Waals surface area contributed by atoms with E-state index in [2.05, 4.69) is 17.3 Å². The summed E-state index contributed by atoms with van der Waals surface area (Å²) in [5.74, 6) is 0. The van der Waals surface area contributed by atoms with Crippen molar-refractivity contribution >= 4 is 0 Å². The van der Waals surface area contributed by atoms with Crippen molar-refractivity contribution in [3.63, 3.8) is 0 Å². The van der Waals surface area contributed by atoms with Crippen molar-refractivity contribution in [2.45, 2.75) is 25.7 Å². The van der Waals surface area contributed by atoms with Crippen LogP contribution in [0.4, 0.5) is 0 Å². The smallest absolute Gasteiger partial charge is 0.00359 e. The van der Waals surface area contributed by atoms with E-state index in [0.717, 1.165) is 0 Å². The van der Waals surface area contributed by atoms with Gasteiger partial charge >= 0.3 is 0 Å². The Bertz CT molecular complexity index is 148. The molecule has 2 fully saturated rings. The minimum atomic E-state index is 0.693. The lowest BCUT2D eigenvalue weighted by molar-refractivity contribution is 0.252. The molecule has 2 rings (SSSR count). The zero-order chi connectivity index (χ0) is 8.44. The molecule has 0 aliphatic carbocycles. The van der Waals surface area contributed by atoms with E-state index in [1.807, 2.05) is 0 Å². The van der Waals surface area contributed by atoms with Crippen LogP contribution in [0.15, 0.2) is 0 Å². The van der Waals surface area contributed by atoms with Gasteiger partial charge in [0.15, 0.2) is 0 Å². The Morgan fingerprint density at radius 3 is 2.83 bits per heavy atom.